The predicted molar refractivity (Wildman–Crippen MR) is 104 cm³/mol. The lowest BCUT2D eigenvalue weighted by molar-refractivity contribution is -0.136. The average molecular weight is 385 g/mol. The molecule has 2 aromatic rings. The molecule has 2 N–H and O–H groups in total. The van der Waals surface area contributed by atoms with Crippen molar-refractivity contribution in [3.63, 3.8) is 0 Å². The molecule has 3 heterocycles. The molecule has 2 aromatic heterocycles. The third kappa shape index (κ3) is 3.48. The highest BCUT2D eigenvalue weighted by molar-refractivity contribution is 7.15. The third-order valence-corrected chi connectivity index (χ3v) is 6.89. The molecule has 142 valence electrons. The SMILES string of the molecule is Cc1nc(CC(=O)N2CCC[C@H]2C(N)=O)sc1-c1ccnc(C2(C)CC2)c1. The van der Waals surface area contributed by atoms with Gasteiger partial charge < -0.3 is 10.6 Å². The summed E-state index contributed by atoms with van der Waals surface area (Å²) in [7, 11) is 0. The van der Waals surface area contributed by atoms with Crippen molar-refractivity contribution in [3.05, 3.63) is 34.7 Å². The van der Waals surface area contributed by atoms with Gasteiger partial charge in [0.05, 0.1) is 17.0 Å². The standard InChI is InChI=1S/C20H24N4O2S/c1-12-18(13-5-8-22-15(10-13)20(2)6-7-20)27-16(23-12)11-17(25)24-9-3-4-14(24)19(21)26/h5,8,10,14H,3-4,6-7,9,11H2,1-2H3,(H2,21,26)/t14-/m0/s1. The van der Waals surface area contributed by atoms with Crippen LogP contribution >= 0.6 is 11.3 Å². The van der Waals surface area contributed by atoms with Crippen LogP contribution in [-0.2, 0) is 21.4 Å². The Morgan fingerprint density at radius 1 is 1.41 bits per heavy atom. The molecule has 7 heteroatoms. The lowest BCUT2D eigenvalue weighted by atomic mass is 10.0. The molecule has 2 amide bonds. The average Bonchev–Trinajstić information content (AvgIpc) is 3.07. The van der Waals surface area contributed by atoms with E-state index in [1.807, 2.05) is 19.2 Å². The number of nitrogens with two attached hydrogens (primary N) is 1. The van der Waals surface area contributed by atoms with Gasteiger partial charge >= 0.3 is 0 Å². The molecule has 27 heavy (non-hydrogen) atoms. The number of carbonyl (C=O) groups excluding carboxylic acids is 2. The van der Waals surface area contributed by atoms with E-state index in [0.29, 0.717) is 13.0 Å². The summed E-state index contributed by atoms with van der Waals surface area (Å²) in [5.74, 6) is -0.493. The summed E-state index contributed by atoms with van der Waals surface area (Å²) in [6.07, 6.45) is 5.91. The van der Waals surface area contributed by atoms with Gasteiger partial charge in [0, 0.05) is 23.9 Å². The van der Waals surface area contributed by atoms with Gasteiger partial charge in [-0.2, -0.15) is 0 Å². The highest BCUT2D eigenvalue weighted by Gasteiger charge is 2.40. The van der Waals surface area contributed by atoms with Crippen molar-refractivity contribution in [2.75, 3.05) is 6.54 Å². The summed E-state index contributed by atoms with van der Waals surface area (Å²) >= 11 is 1.55. The van der Waals surface area contributed by atoms with E-state index in [2.05, 4.69) is 23.0 Å². The van der Waals surface area contributed by atoms with Crippen molar-refractivity contribution in [3.8, 4) is 10.4 Å². The number of pyridine rings is 1. The monoisotopic (exact) mass is 384 g/mol. The van der Waals surface area contributed by atoms with Crippen LogP contribution in [0.15, 0.2) is 18.3 Å². The van der Waals surface area contributed by atoms with Gasteiger partial charge in [-0.15, -0.1) is 11.3 Å². The van der Waals surface area contributed by atoms with Crippen molar-refractivity contribution in [1.82, 2.24) is 14.9 Å². The van der Waals surface area contributed by atoms with Crippen LogP contribution in [0, 0.1) is 6.92 Å². The minimum absolute atomic E-state index is 0.0718. The molecule has 0 unspecified atom stereocenters. The van der Waals surface area contributed by atoms with Gasteiger partial charge in [-0.1, -0.05) is 6.92 Å². The highest BCUT2D eigenvalue weighted by Crippen LogP contribution is 2.47. The van der Waals surface area contributed by atoms with E-state index >= 15 is 0 Å². The Labute approximate surface area is 162 Å². The van der Waals surface area contributed by atoms with Gasteiger partial charge in [-0.25, -0.2) is 4.98 Å². The first-order chi connectivity index (χ1) is 12.9. The van der Waals surface area contributed by atoms with Crippen LogP contribution in [0.1, 0.15) is 49.0 Å². The summed E-state index contributed by atoms with van der Waals surface area (Å²) in [5, 5.41) is 0.776. The Kier molecular flexibility index (Phi) is 4.50. The van der Waals surface area contributed by atoms with E-state index in [4.69, 9.17) is 5.73 Å². The van der Waals surface area contributed by atoms with Crippen LogP contribution in [-0.4, -0.2) is 39.3 Å². The van der Waals surface area contributed by atoms with Crippen molar-refractivity contribution in [2.24, 2.45) is 5.73 Å². The fourth-order valence-electron chi connectivity index (χ4n) is 3.73. The van der Waals surface area contributed by atoms with Gasteiger partial charge in [-0.3, -0.25) is 14.6 Å². The molecule has 1 aliphatic heterocycles. The number of aryl methyl sites for hydroxylation is 1. The van der Waals surface area contributed by atoms with Gasteiger partial charge in [0.1, 0.15) is 11.0 Å². The number of hydrogen-bond acceptors (Lipinski definition) is 5. The molecule has 1 aliphatic carbocycles. The van der Waals surface area contributed by atoms with E-state index < -0.39 is 11.9 Å². The second kappa shape index (κ2) is 6.71. The van der Waals surface area contributed by atoms with Crippen LogP contribution in [0.2, 0.25) is 0 Å². The molecule has 4 rings (SSSR count). The number of nitrogens with zero attached hydrogens (tertiary/aromatic N) is 3. The molecule has 1 atom stereocenters. The summed E-state index contributed by atoms with van der Waals surface area (Å²) in [6, 6.07) is 3.69. The Hall–Kier alpha value is -2.28. The highest BCUT2D eigenvalue weighted by atomic mass is 32.1. The van der Waals surface area contributed by atoms with Crippen LogP contribution < -0.4 is 5.73 Å². The Balaban J connectivity index is 1.54. The van der Waals surface area contributed by atoms with Crippen molar-refractivity contribution >= 4 is 23.2 Å². The quantitative estimate of drug-likeness (QED) is 0.858. The molecule has 0 bridgehead atoms. The molecule has 0 aromatic carbocycles. The van der Waals surface area contributed by atoms with Gasteiger partial charge in [0.15, 0.2) is 0 Å². The minimum Gasteiger partial charge on any atom is -0.368 e. The normalized spacial score (nSPS) is 20.7. The Bertz CT molecular complexity index is 903. The predicted octanol–water partition coefficient (Wildman–Crippen LogP) is 2.58. The molecule has 1 saturated carbocycles. The molecule has 6 nitrogen and oxygen atoms in total. The number of aromatic nitrogens is 2. The lowest BCUT2D eigenvalue weighted by Crippen LogP contribution is -2.44. The smallest absolute Gasteiger partial charge is 0.240 e. The Morgan fingerprint density at radius 3 is 2.89 bits per heavy atom. The Morgan fingerprint density at radius 2 is 2.19 bits per heavy atom. The molecular formula is C20H24N4O2S. The first kappa shape index (κ1) is 18.1. The van der Waals surface area contributed by atoms with Gasteiger partial charge in [-0.05, 0) is 50.3 Å². The summed E-state index contributed by atoms with van der Waals surface area (Å²) in [5.41, 5.74) is 8.81. The number of thiazole rings is 1. The lowest BCUT2D eigenvalue weighted by Gasteiger charge is -2.21. The second-order valence-corrected chi connectivity index (χ2v) is 8.92. The number of carbonyl (C=O) groups is 2. The fraction of sp³-hybridized carbons (Fsp3) is 0.500. The van der Waals surface area contributed by atoms with Gasteiger partial charge in [0.2, 0.25) is 11.8 Å². The molecule has 0 spiro atoms. The third-order valence-electron chi connectivity index (χ3n) is 5.69. The van der Waals surface area contributed by atoms with E-state index in [-0.39, 0.29) is 17.7 Å². The number of hydrogen-bond donors (Lipinski definition) is 1. The maximum Gasteiger partial charge on any atom is 0.240 e. The van der Waals surface area contributed by atoms with Crippen LogP contribution in [0.5, 0.6) is 0 Å². The van der Waals surface area contributed by atoms with E-state index in [0.717, 1.165) is 33.3 Å². The first-order valence-electron chi connectivity index (χ1n) is 9.39. The molecular weight excluding hydrogens is 360 g/mol. The molecule has 2 fully saturated rings. The van der Waals surface area contributed by atoms with Crippen LogP contribution in [0.4, 0.5) is 0 Å². The van der Waals surface area contributed by atoms with E-state index in [9.17, 15) is 9.59 Å². The van der Waals surface area contributed by atoms with Crippen molar-refractivity contribution < 1.29 is 9.59 Å². The maximum atomic E-state index is 12.7. The van der Waals surface area contributed by atoms with E-state index in [1.54, 1.807) is 16.2 Å². The molecule has 1 saturated heterocycles. The van der Waals surface area contributed by atoms with Crippen molar-refractivity contribution in [2.45, 2.75) is 57.4 Å². The molecule has 2 aliphatic rings. The topological polar surface area (TPSA) is 89.2 Å². The zero-order valence-corrected chi connectivity index (χ0v) is 16.5. The fourth-order valence-corrected chi connectivity index (χ4v) is 4.79. The zero-order valence-electron chi connectivity index (χ0n) is 15.7. The van der Waals surface area contributed by atoms with Gasteiger partial charge in [0.25, 0.3) is 0 Å². The first-order valence-corrected chi connectivity index (χ1v) is 10.2. The second-order valence-electron chi connectivity index (χ2n) is 7.84. The summed E-state index contributed by atoms with van der Waals surface area (Å²) in [6.45, 7) is 4.81. The van der Waals surface area contributed by atoms with Crippen LogP contribution in [0.3, 0.4) is 0 Å². The van der Waals surface area contributed by atoms with E-state index in [1.165, 1.54) is 12.8 Å². The van der Waals surface area contributed by atoms with Crippen molar-refractivity contribution in [1.29, 1.82) is 0 Å². The number of likely N-dealkylation sites (tertiary alicyclic amines) is 1. The van der Waals surface area contributed by atoms with Crippen LogP contribution in [0.25, 0.3) is 10.4 Å². The zero-order chi connectivity index (χ0) is 19.2. The largest absolute Gasteiger partial charge is 0.368 e. The maximum absolute atomic E-state index is 12.7. The summed E-state index contributed by atoms with van der Waals surface area (Å²) < 4.78 is 0. The summed E-state index contributed by atoms with van der Waals surface area (Å²) in [4.78, 5) is 36.0. The minimum atomic E-state index is -0.472. The number of rotatable bonds is 5. The molecule has 0 radical (unpaired) electrons. The number of amides is 2. The number of primary amides is 1.